The quantitative estimate of drug-likeness (QED) is 0.594. The molecule has 138 valence electrons. The molecule has 0 aliphatic carbocycles. The Labute approximate surface area is 159 Å². The van der Waals surface area contributed by atoms with Gasteiger partial charge in [0.2, 0.25) is 0 Å². The van der Waals surface area contributed by atoms with E-state index in [9.17, 15) is 4.79 Å². The minimum Gasteiger partial charge on any atom is -0.483 e. The molecule has 0 unspecified atom stereocenters. The van der Waals surface area contributed by atoms with Crippen LogP contribution in [0.25, 0.3) is 0 Å². The molecule has 0 saturated carbocycles. The normalized spacial score (nSPS) is 10.5. The highest BCUT2D eigenvalue weighted by Crippen LogP contribution is 2.26. The number of hydrogen-bond donors (Lipinski definition) is 1. The maximum Gasteiger partial charge on any atom is 0.262 e. The number of carbonyl (C=O) groups excluding carboxylic acids is 1. The molecule has 0 aromatic heterocycles. The number of para-hydroxylation sites is 2. The van der Waals surface area contributed by atoms with E-state index < -0.39 is 0 Å². The van der Waals surface area contributed by atoms with E-state index >= 15 is 0 Å². The van der Waals surface area contributed by atoms with Gasteiger partial charge in [0, 0.05) is 5.69 Å². The summed E-state index contributed by atoms with van der Waals surface area (Å²) in [5.41, 5.74) is 1.79. The molecule has 0 aliphatic rings. The van der Waals surface area contributed by atoms with Crippen molar-refractivity contribution in [3.63, 3.8) is 0 Å². The van der Waals surface area contributed by atoms with Gasteiger partial charge < -0.3 is 14.8 Å². The van der Waals surface area contributed by atoms with E-state index in [0.29, 0.717) is 17.4 Å². The van der Waals surface area contributed by atoms with Crippen molar-refractivity contribution in [2.24, 2.45) is 0 Å². The monoisotopic (exact) mass is 361 g/mol. The lowest BCUT2D eigenvalue weighted by atomic mass is 10.0. The van der Waals surface area contributed by atoms with E-state index in [4.69, 9.17) is 9.47 Å². The van der Waals surface area contributed by atoms with Crippen molar-refractivity contribution < 1.29 is 14.3 Å². The summed E-state index contributed by atoms with van der Waals surface area (Å²) in [5.74, 6) is 2.36. The molecule has 0 spiro atoms. The molecule has 0 radical (unpaired) electrons. The highest BCUT2D eigenvalue weighted by atomic mass is 16.5. The van der Waals surface area contributed by atoms with Gasteiger partial charge >= 0.3 is 0 Å². The van der Waals surface area contributed by atoms with Gasteiger partial charge in [0.05, 0.1) is 0 Å². The van der Waals surface area contributed by atoms with Gasteiger partial charge in [-0.3, -0.25) is 4.79 Å². The van der Waals surface area contributed by atoms with Crippen molar-refractivity contribution in [3.8, 4) is 17.2 Å². The SMILES string of the molecule is CC(C)c1ccccc1OCC(=O)Nc1ccc(Oc2ccccc2)cc1. The number of anilines is 1. The molecule has 0 atom stereocenters. The molecule has 3 aromatic carbocycles. The van der Waals surface area contributed by atoms with Crippen LogP contribution in [0, 0.1) is 0 Å². The summed E-state index contributed by atoms with van der Waals surface area (Å²) in [4.78, 5) is 12.2. The fourth-order valence-electron chi connectivity index (χ4n) is 2.66. The van der Waals surface area contributed by atoms with Crippen LogP contribution in [-0.2, 0) is 4.79 Å². The standard InChI is InChI=1S/C23H23NO3/c1-17(2)21-10-6-7-11-22(21)26-16-23(25)24-18-12-14-20(15-13-18)27-19-8-4-3-5-9-19/h3-15,17H,16H2,1-2H3,(H,24,25). The van der Waals surface area contributed by atoms with Crippen molar-refractivity contribution in [1.82, 2.24) is 0 Å². The number of nitrogens with one attached hydrogen (secondary N) is 1. The zero-order valence-corrected chi connectivity index (χ0v) is 15.5. The summed E-state index contributed by atoms with van der Waals surface area (Å²) < 4.78 is 11.4. The first kappa shape index (κ1) is 18.5. The molecule has 1 N–H and O–H groups in total. The first-order valence-electron chi connectivity index (χ1n) is 8.96. The van der Waals surface area contributed by atoms with Crippen molar-refractivity contribution in [2.75, 3.05) is 11.9 Å². The van der Waals surface area contributed by atoms with E-state index in [1.807, 2.05) is 66.7 Å². The Morgan fingerprint density at radius 1 is 0.852 bits per heavy atom. The van der Waals surface area contributed by atoms with Crippen LogP contribution in [0.4, 0.5) is 5.69 Å². The molecule has 27 heavy (non-hydrogen) atoms. The van der Waals surface area contributed by atoms with Crippen molar-refractivity contribution >= 4 is 11.6 Å². The molecule has 0 aliphatic heterocycles. The predicted octanol–water partition coefficient (Wildman–Crippen LogP) is 5.62. The molecule has 4 nitrogen and oxygen atoms in total. The van der Waals surface area contributed by atoms with Crippen LogP contribution in [0.3, 0.4) is 0 Å². The third-order valence-corrected chi connectivity index (χ3v) is 4.02. The lowest BCUT2D eigenvalue weighted by Crippen LogP contribution is -2.20. The molecular weight excluding hydrogens is 338 g/mol. The first-order valence-corrected chi connectivity index (χ1v) is 8.96. The van der Waals surface area contributed by atoms with E-state index in [1.165, 1.54) is 0 Å². The molecule has 3 rings (SSSR count). The van der Waals surface area contributed by atoms with Crippen molar-refractivity contribution in [3.05, 3.63) is 84.4 Å². The molecule has 4 heteroatoms. The summed E-state index contributed by atoms with van der Waals surface area (Å²) in [6, 6.07) is 24.6. The third-order valence-electron chi connectivity index (χ3n) is 4.02. The fraction of sp³-hybridized carbons (Fsp3) is 0.174. The van der Waals surface area contributed by atoms with Gasteiger partial charge in [-0.15, -0.1) is 0 Å². The van der Waals surface area contributed by atoms with Gasteiger partial charge in [-0.1, -0.05) is 50.2 Å². The summed E-state index contributed by atoms with van der Waals surface area (Å²) in [5, 5.41) is 2.83. The Balaban J connectivity index is 1.54. The minimum atomic E-state index is -0.203. The number of hydrogen-bond acceptors (Lipinski definition) is 3. The molecule has 0 saturated heterocycles. The average Bonchev–Trinajstić information content (AvgIpc) is 2.69. The van der Waals surface area contributed by atoms with E-state index in [0.717, 1.165) is 17.1 Å². The zero-order valence-electron chi connectivity index (χ0n) is 15.5. The van der Waals surface area contributed by atoms with Gasteiger partial charge in [-0.25, -0.2) is 0 Å². The number of ether oxygens (including phenoxy) is 2. The van der Waals surface area contributed by atoms with Gasteiger partial charge in [0.25, 0.3) is 5.91 Å². The van der Waals surface area contributed by atoms with E-state index in [1.54, 1.807) is 12.1 Å². The maximum atomic E-state index is 12.2. The Morgan fingerprint density at radius 3 is 2.19 bits per heavy atom. The maximum absolute atomic E-state index is 12.2. The second-order valence-corrected chi connectivity index (χ2v) is 6.47. The average molecular weight is 361 g/mol. The Morgan fingerprint density at radius 2 is 1.48 bits per heavy atom. The number of carbonyl (C=O) groups is 1. The minimum absolute atomic E-state index is 0.0357. The van der Waals surface area contributed by atoms with Crippen molar-refractivity contribution in [2.45, 2.75) is 19.8 Å². The molecular formula is C23H23NO3. The first-order chi connectivity index (χ1) is 13.1. The van der Waals surface area contributed by atoms with Crippen LogP contribution in [0.15, 0.2) is 78.9 Å². The zero-order chi connectivity index (χ0) is 19.1. The topological polar surface area (TPSA) is 47.6 Å². The second kappa shape index (κ2) is 8.90. The molecule has 3 aromatic rings. The van der Waals surface area contributed by atoms with Gasteiger partial charge in [0.1, 0.15) is 17.2 Å². The summed E-state index contributed by atoms with van der Waals surface area (Å²) in [6.07, 6.45) is 0. The number of rotatable bonds is 7. The molecule has 1 amide bonds. The Bertz CT molecular complexity index is 874. The Kier molecular flexibility index (Phi) is 6.10. The summed E-state index contributed by atoms with van der Waals surface area (Å²) in [6.45, 7) is 4.16. The fourth-order valence-corrected chi connectivity index (χ4v) is 2.66. The highest BCUT2D eigenvalue weighted by Gasteiger charge is 2.09. The van der Waals surface area contributed by atoms with Crippen LogP contribution >= 0.6 is 0 Å². The third kappa shape index (κ3) is 5.35. The molecule has 0 heterocycles. The van der Waals surface area contributed by atoms with E-state index in [2.05, 4.69) is 19.2 Å². The smallest absolute Gasteiger partial charge is 0.262 e. The van der Waals surface area contributed by atoms with Crippen LogP contribution in [0.1, 0.15) is 25.3 Å². The Hall–Kier alpha value is -3.27. The van der Waals surface area contributed by atoms with Crippen LogP contribution in [0.2, 0.25) is 0 Å². The molecule has 0 bridgehead atoms. The van der Waals surface area contributed by atoms with Crippen molar-refractivity contribution in [1.29, 1.82) is 0 Å². The predicted molar refractivity (Wildman–Crippen MR) is 108 cm³/mol. The van der Waals surface area contributed by atoms with Gasteiger partial charge in [-0.05, 0) is 53.9 Å². The van der Waals surface area contributed by atoms with Crippen LogP contribution in [0.5, 0.6) is 17.2 Å². The lowest BCUT2D eigenvalue weighted by molar-refractivity contribution is -0.118. The van der Waals surface area contributed by atoms with Gasteiger partial charge in [0.15, 0.2) is 6.61 Å². The summed E-state index contributed by atoms with van der Waals surface area (Å²) in [7, 11) is 0. The second-order valence-electron chi connectivity index (χ2n) is 6.47. The number of benzene rings is 3. The highest BCUT2D eigenvalue weighted by molar-refractivity contribution is 5.91. The van der Waals surface area contributed by atoms with Crippen LogP contribution < -0.4 is 14.8 Å². The lowest BCUT2D eigenvalue weighted by Gasteiger charge is -2.14. The largest absolute Gasteiger partial charge is 0.483 e. The molecule has 0 fully saturated rings. The van der Waals surface area contributed by atoms with Gasteiger partial charge in [-0.2, -0.15) is 0 Å². The number of amides is 1. The summed E-state index contributed by atoms with van der Waals surface area (Å²) >= 11 is 0. The van der Waals surface area contributed by atoms with E-state index in [-0.39, 0.29) is 12.5 Å². The van der Waals surface area contributed by atoms with Crippen LogP contribution in [-0.4, -0.2) is 12.5 Å².